The Hall–Kier alpha value is -1.71. The molecule has 0 aliphatic rings. The maximum atomic E-state index is 12.3. The Balaban J connectivity index is 2.95. The zero-order valence-electron chi connectivity index (χ0n) is 11.4. The van der Waals surface area contributed by atoms with Gasteiger partial charge in [0.2, 0.25) is 0 Å². The van der Waals surface area contributed by atoms with Crippen LogP contribution in [0.1, 0.15) is 11.1 Å². The molecule has 0 fully saturated rings. The Bertz CT molecular complexity index is 503. The standard InChI is InChI=1S/C14H17F3N2O/c1-19(10-14(15,16)17)9-12-8-13(20-2)6-5-11(12)4-3-7-18/h5-6,8H,7,9-10,18H2,1-2H3. The summed E-state index contributed by atoms with van der Waals surface area (Å²) in [6.45, 7) is -0.650. The van der Waals surface area contributed by atoms with Crippen LogP contribution in [-0.4, -0.2) is 38.3 Å². The van der Waals surface area contributed by atoms with Crippen molar-refractivity contribution in [2.24, 2.45) is 5.73 Å². The van der Waals surface area contributed by atoms with Crippen LogP contribution in [0.5, 0.6) is 5.75 Å². The predicted molar refractivity (Wildman–Crippen MR) is 71.3 cm³/mol. The van der Waals surface area contributed by atoms with Gasteiger partial charge in [0.05, 0.1) is 20.2 Å². The van der Waals surface area contributed by atoms with E-state index >= 15 is 0 Å². The summed E-state index contributed by atoms with van der Waals surface area (Å²) in [7, 11) is 2.91. The quantitative estimate of drug-likeness (QED) is 0.860. The molecule has 2 N–H and O–H groups in total. The Morgan fingerprint density at radius 1 is 1.35 bits per heavy atom. The maximum Gasteiger partial charge on any atom is 0.401 e. The molecule has 1 aromatic rings. The highest BCUT2D eigenvalue weighted by Gasteiger charge is 2.29. The van der Waals surface area contributed by atoms with Crippen LogP contribution in [0.15, 0.2) is 18.2 Å². The summed E-state index contributed by atoms with van der Waals surface area (Å²) in [6, 6.07) is 5.12. The SMILES string of the molecule is COc1ccc(C#CCN)c(CN(C)CC(F)(F)F)c1. The number of alkyl halides is 3. The summed E-state index contributed by atoms with van der Waals surface area (Å²) in [5.41, 5.74) is 6.65. The zero-order chi connectivity index (χ0) is 15.2. The van der Waals surface area contributed by atoms with E-state index in [1.54, 1.807) is 18.2 Å². The molecule has 0 atom stereocenters. The van der Waals surface area contributed by atoms with E-state index in [0.717, 1.165) is 0 Å². The summed E-state index contributed by atoms with van der Waals surface area (Å²) in [5, 5.41) is 0. The van der Waals surface area contributed by atoms with E-state index in [1.807, 2.05) is 0 Å². The lowest BCUT2D eigenvalue weighted by Crippen LogP contribution is -2.30. The van der Waals surface area contributed by atoms with Crippen molar-refractivity contribution >= 4 is 0 Å². The molecule has 1 aromatic carbocycles. The van der Waals surface area contributed by atoms with Crippen LogP contribution in [0.4, 0.5) is 13.2 Å². The van der Waals surface area contributed by atoms with Gasteiger partial charge in [-0.15, -0.1) is 0 Å². The molecular formula is C14H17F3N2O. The summed E-state index contributed by atoms with van der Waals surface area (Å²) in [4.78, 5) is 1.18. The molecule has 6 heteroatoms. The normalized spacial score (nSPS) is 11.2. The topological polar surface area (TPSA) is 38.5 Å². The van der Waals surface area contributed by atoms with Crippen LogP contribution >= 0.6 is 0 Å². The number of nitrogens with zero attached hydrogens (tertiary/aromatic N) is 1. The number of halogens is 3. The lowest BCUT2D eigenvalue weighted by molar-refractivity contribution is -0.144. The minimum absolute atomic E-state index is 0.130. The molecule has 0 aliphatic carbocycles. The van der Waals surface area contributed by atoms with Crippen molar-refractivity contribution in [3.05, 3.63) is 29.3 Å². The van der Waals surface area contributed by atoms with Crippen LogP contribution in [0.25, 0.3) is 0 Å². The molecule has 0 saturated carbocycles. The molecule has 0 bridgehead atoms. The lowest BCUT2D eigenvalue weighted by Gasteiger charge is -2.19. The summed E-state index contributed by atoms with van der Waals surface area (Å²) < 4.78 is 42.1. The van der Waals surface area contributed by atoms with E-state index in [1.165, 1.54) is 19.1 Å². The molecule has 1 rings (SSSR count). The minimum atomic E-state index is -4.23. The fraction of sp³-hybridized carbons (Fsp3) is 0.429. The van der Waals surface area contributed by atoms with E-state index in [4.69, 9.17) is 10.5 Å². The highest BCUT2D eigenvalue weighted by Crippen LogP contribution is 2.21. The lowest BCUT2D eigenvalue weighted by atomic mass is 10.1. The maximum absolute atomic E-state index is 12.3. The molecule has 0 heterocycles. The molecule has 0 unspecified atom stereocenters. The highest BCUT2D eigenvalue weighted by atomic mass is 19.4. The number of rotatable bonds is 4. The van der Waals surface area contributed by atoms with Crippen LogP contribution in [-0.2, 0) is 6.54 Å². The first-order chi connectivity index (χ1) is 9.35. The largest absolute Gasteiger partial charge is 0.497 e. The molecule has 0 aliphatic heterocycles. The smallest absolute Gasteiger partial charge is 0.401 e. The Kier molecular flexibility index (Phi) is 5.86. The van der Waals surface area contributed by atoms with Crippen molar-refractivity contribution in [2.45, 2.75) is 12.7 Å². The summed E-state index contributed by atoms with van der Waals surface area (Å²) >= 11 is 0. The third-order valence-electron chi connectivity index (χ3n) is 2.53. The van der Waals surface area contributed by atoms with Crippen LogP contribution in [0, 0.1) is 11.8 Å². The number of benzene rings is 1. The van der Waals surface area contributed by atoms with Gasteiger partial charge in [-0.25, -0.2) is 0 Å². The number of hydrogen-bond acceptors (Lipinski definition) is 3. The molecule has 3 nitrogen and oxygen atoms in total. The second kappa shape index (κ2) is 7.17. The van der Waals surface area contributed by atoms with Gasteiger partial charge in [0.15, 0.2) is 0 Å². The van der Waals surface area contributed by atoms with Gasteiger partial charge < -0.3 is 10.5 Å². The van der Waals surface area contributed by atoms with E-state index < -0.39 is 12.7 Å². The number of methoxy groups -OCH3 is 1. The fourth-order valence-corrected chi connectivity index (χ4v) is 1.75. The molecule has 0 aromatic heterocycles. The van der Waals surface area contributed by atoms with E-state index in [-0.39, 0.29) is 13.1 Å². The van der Waals surface area contributed by atoms with Crippen molar-refractivity contribution < 1.29 is 17.9 Å². The van der Waals surface area contributed by atoms with Crippen LogP contribution in [0.3, 0.4) is 0 Å². The van der Waals surface area contributed by atoms with Crippen molar-refractivity contribution in [1.29, 1.82) is 0 Å². The fourth-order valence-electron chi connectivity index (χ4n) is 1.75. The predicted octanol–water partition coefficient (Wildman–Crippen LogP) is 2.00. The second-order valence-electron chi connectivity index (χ2n) is 4.32. The van der Waals surface area contributed by atoms with Crippen molar-refractivity contribution in [3.8, 4) is 17.6 Å². The molecule has 0 amide bonds. The number of hydrogen-bond donors (Lipinski definition) is 1. The highest BCUT2D eigenvalue weighted by molar-refractivity contribution is 5.45. The molecule has 0 saturated heterocycles. The Labute approximate surface area is 116 Å². The van der Waals surface area contributed by atoms with Gasteiger partial charge in [-0.1, -0.05) is 11.8 Å². The van der Waals surface area contributed by atoms with Gasteiger partial charge in [-0.3, -0.25) is 4.90 Å². The zero-order valence-corrected chi connectivity index (χ0v) is 11.4. The van der Waals surface area contributed by atoms with Crippen molar-refractivity contribution in [3.63, 3.8) is 0 Å². The summed E-state index contributed by atoms with van der Waals surface area (Å²) in [6.07, 6.45) is -4.23. The van der Waals surface area contributed by atoms with Crippen LogP contribution < -0.4 is 10.5 Å². The first-order valence-corrected chi connectivity index (χ1v) is 5.97. The molecule has 0 radical (unpaired) electrons. The van der Waals surface area contributed by atoms with Crippen molar-refractivity contribution in [2.75, 3.05) is 27.2 Å². The van der Waals surface area contributed by atoms with Gasteiger partial charge in [0, 0.05) is 12.1 Å². The number of nitrogens with two attached hydrogens (primary N) is 1. The number of ether oxygens (including phenoxy) is 1. The van der Waals surface area contributed by atoms with Gasteiger partial charge in [-0.2, -0.15) is 13.2 Å². The van der Waals surface area contributed by atoms with Gasteiger partial charge in [0.25, 0.3) is 0 Å². The van der Waals surface area contributed by atoms with Crippen molar-refractivity contribution in [1.82, 2.24) is 4.90 Å². The third kappa shape index (κ3) is 5.51. The summed E-state index contributed by atoms with van der Waals surface area (Å²) in [5.74, 6) is 6.14. The van der Waals surface area contributed by atoms with E-state index in [0.29, 0.717) is 16.9 Å². The first-order valence-electron chi connectivity index (χ1n) is 5.97. The Morgan fingerprint density at radius 2 is 2.05 bits per heavy atom. The monoisotopic (exact) mass is 286 g/mol. The molecule has 0 spiro atoms. The van der Waals surface area contributed by atoms with E-state index in [9.17, 15) is 13.2 Å². The average molecular weight is 286 g/mol. The van der Waals surface area contributed by atoms with E-state index in [2.05, 4.69) is 11.8 Å². The Morgan fingerprint density at radius 3 is 2.60 bits per heavy atom. The molecule has 110 valence electrons. The van der Waals surface area contributed by atoms with Gasteiger partial charge >= 0.3 is 6.18 Å². The molecular weight excluding hydrogens is 269 g/mol. The average Bonchev–Trinajstić information content (AvgIpc) is 2.34. The minimum Gasteiger partial charge on any atom is -0.497 e. The molecule has 20 heavy (non-hydrogen) atoms. The first kappa shape index (κ1) is 16.3. The van der Waals surface area contributed by atoms with Crippen LogP contribution in [0.2, 0.25) is 0 Å². The van der Waals surface area contributed by atoms with Gasteiger partial charge in [-0.05, 0) is 30.8 Å². The second-order valence-corrected chi connectivity index (χ2v) is 4.32. The van der Waals surface area contributed by atoms with Gasteiger partial charge in [0.1, 0.15) is 5.75 Å². The third-order valence-corrected chi connectivity index (χ3v) is 2.53.